The number of hydrogen-bond donors (Lipinski definition) is 1. The Kier molecular flexibility index (Phi) is 3.93. The van der Waals surface area contributed by atoms with Gasteiger partial charge in [0.25, 0.3) is 0 Å². The van der Waals surface area contributed by atoms with Crippen LogP contribution < -0.4 is 5.32 Å². The van der Waals surface area contributed by atoms with Crippen molar-refractivity contribution in [3.63, 3.8) is 0 Å². The predicted molar refractivity (Wildman–Crippen MR) is 81.7 cm³/mol. The van der Waals surface area contributed by atoms with Crippen LogP contribution in [0.4, 0.5) is 0 Å². The lowest BCUT2D eigenvalue weighted by atomic mass is 9.59. The minimum absolute atomic E-state index is 0.203. The molecule has 1 unspecified atom stereocenters. The molecule has 0 spiro atoms. The van der Waals surface area contributed by atoms with Crippen LogP contribution in [0.2, 0.25) is 0 Å². The van der Waals surface area contributed by atoms with Gasteiger partial charge in [-0.25, -0.2) is 0 Å². The van der Waals surface area contributed by atoms with Crippen LogP contribution in [-0.2, 0) is 5.41 Å². The molecule has 2 nitrogen and oxygen atoms in total. The summed E-state index contributed by atoms with van der Waals surface area (Å²) < 4.78 is 5.73. The minimum Gasteiger partial charge on any atom is -0.468 e. The van der Waals surface area contributed by atoms with Crippen molar-refractivity contribution in [2.24, 2.45) is 0 Å². The summed E-state index contributed by atoms with van der Waals surface area (Å²) in [6, 6.07) is 15.3. The summed E-state index contributed by atoms with van der Waals surface area (Å²) in [7, 11) is 0. The average Bonchev–Trinajstić information content (AvgIpc) is 2.96. The van der Waals surface area contributed by atoms with Crippen LogP contribution in [0.3, 0.4) is 0 Å². The summed E-state index contributed by atoms with van der Waals surface area (Å²) in [6.07, 6.45) is 6.70. The van der Waals surface area contributed by atoms with Gasteiger partial charge in [-0.1, -0.05) is 43.7 Å². The highest BCUT2D eigenvalue weighted by molar-refractivity contribution is 5.33. The largest absolute Gasteiger partial charge is 0.468 e. The van der Waals surface area contributed by atoms with Crippen molar-refractivity contribution in [2.45, 2.75) is 44.1 Å². The minimum atomic E-state index is 0.203. The molecule has 1 fully saturated rings. The highest BCUT2D eigenvalue weighted by Gasteiger charge is 2.46. The zero-order valence-corrected chi connectivity index (χ0v) is 12.1. The maximum atomic E-state index is 5.73. The molecule has 1 aromatic heterocycles. The van der Waals surface area contributed by atoms with E-state index >= 15 is 0 Å². The molecule has 0 bridgehead atoms. The molecule has 1 atom stereocenters. The Morgan fingerprint density at radius 3 is 2.50 bits per heavy atom. The van der Waals surface area contributed by atoms with Crippen LogP contribution in [0, 0.1) is 0 Å². The van der Waals surface area contributed by atoms with Gasteiger partial charge in [0.1, 0.15) is 5.76 Å². The van der Waals surface area contributed by atoms with Crippen molar-refractivity contribution < 1.29 is 4.42 Å². The summed E-state index contributed by atoms with van der Waals surface area (Å²) in [6.45, 7) is 3.24. The molecular formula is C18H23NO. The summed E-state index contributed by atoms with van der Waals surface area (Å²) >= 11 is 0. The smallest absolute Gasteiger partial charge is 0.121 e. The zero-order valence-electron chi connectivity index (χ0n) is 12.1. The van der Waals surface area contributed by atoms with E-state index in [-0.39, 0.29) is 11.5 Å². The van der Waals surface area contributed by atoms with E-state index in [0.29, 0.717) is 0 Å². The van der Waals surface area contributed by atoms with Gasteiger partial charge in [0.2, 0.25) is 0 Å². The van der Waals surface area contributed by atoms with E-state index < -0.39 is 0 Å². The zero-order chi connectivity index (χ0) is 13.8. The monoisotopic (exact) mass is 269 g/mol. The number of furan rings is 1. The molecule has 1 aliphatic carbocycles. The molecule has 1 saturated carbocycles. The normalized spacial score (nSPS) is 18.4. The quantitative estimate of drug-likeness (QED) is 0.838. The van der Waals surface area contributed by atoms with Crippen molar-refractivity contribution in [3.05, 3.63) is 60.1 Å². The first-order valence-electron chi connectivity index (χ1n) is 7.69. The third-order valence-electron chi connectivity index (χ3n) is 4.57. The Labute approximate surface area is 121 Å². The molecule has 0 amide bonds. The van der Waals surface area contributed by atoms with Crippen LogP contribution in [-0.4, -0.2) is 6.54 Å². The van der Waals surface area contributed by atoms with E-state index in [4.69, 9.17) is 4.42 Å². The van der Waals surface area contributed by atoms with E-state index in [2.05, 4.69) is 48.6 Å². The average molecular weight is 269 g/mol. The molecular weight excluding hydrogens is 246 g/mol. The lowest BCUT2D eigenvalue weighted by molar-refractivity contribution is 0.152. The molecule has 1 heterocycles. The number of nitrogens with one attached hydrogen (secondary N) is 1. The fourth-order valence-electron chi connectivity index (χ4n) is 3.38. The maximum absolute atomic E-state index is 5.73. The Bertz CT molecular complexity index is 514. The van der Waals surface area contributed by atoms with Crippen molar-refractivity contribution in [2.75, 3.05) is 6.54 Å². The van der Waals surface area contributed by atoms with E-state index in [1.54, 1.807) is 6.26 Å². The van der Waals surface area contributed by atoms with Gasteiger partial charge in [-0.2, -0.15) is 0 Å². The molecule has 1 aliphatic rings. The van der Waals surface area contributed by atoms with E-state index in [9.17, 15) is 0 Å². The second-order valence-electron chi connectivity index (χ2n) is 5.78. The molecule has 3 rings (SSSR count). The Morgan fingerprint density at radius 2 is 1.95 bits per heavy atom. The second kappa shape index (κ2) is 5.84. The predicted octanol–water partition coefficient (Wildman–Crippen LogP) is 4.44. The Balaban J connectivity index is 1.95. The first-order chi connectivity index (χ1) is 9.87. The van der Waals surface area contributed by atoms with Crippen molar-refractivity contribution >= 4 is 0 Å². The van der Waals surface area contributed by atoms with Gasteiger partial charge in [-0.3, -0.25) is 0 Å². The van der Waals surface area contributed by atoms with E-state index in [0.717, 1.165) is 18.7 Å². The number of benzene rings is 1. The molecule has 1 aromatic carbocycles. The number of rotatable bonds is 6. The first-order valence-corrected chi connectivity index (χ1v) is 7.69. The van der Waals surface area contributed by atoms with Gasteiger partial charge >= 0.3 is 0 Å². The highest BCUT2D eigenvalue weighted by Crippen LogP contribution is 2.52. The van der Waals surface area contributed by atoms with E-state index in [1.165, 1.54) is 24.8 Å². The van der Waals surface area contributed by atoms with Crippen LogP contribution in [0.1, 0.15) is 50.0 Å². The van der Waals surface area contributed by atoms with Crippen LogP contribution in [0.25, 0.3) is 0 Å². The van der Waals surface area contributed by atoms with Gasteiger partial charge in [-0.05, 0) is 43.5 Å². The third kappa shape index (κ3) is 2.29. The highest BCUT2D eigenvalue weighted by atomic mass is 16.3. The van der Waals surface area contributed by atoms with Crippen molar-refractivity contribution in [1.82, 2.24) is 5.32 Å². The van der Waals surface area contributed by atoms with Gasteiger partial charge in [0.05, 0.1) is 12.3 Å². The SMILES string of the molecule is CCCNC(c1ccco1)C1(c2ccccc2)CCC1. The van der Waals surface area contributed by atoms with Gasteiger partial charge in [-0.15, -0.1) is 0 Å². The lowest BCUT2D eigenvalue weighted by Crippen LogP contribution is -2.46. The molecule has 2 aromatic rings. The molecule has 1 N–H and O–H groups in total. The van der Waals surface area contributed by atoms with Crippen LogP contribution in [0.15, 0.2) is 53.1 Å². The van der Waals surface area contributed by atoms with Crippen molar-refractivity contribution in [3.8, 4) is 0 Å². The standard InChI is InChI=1S/C18H23NO/c1-2-13-19-17(16-10-6-14-20-16)18(11-7-12-18)15-8-4-3-5-9-15/h3-6,8-10,14,17,19H,2,7,11-13H2,1H3. The summed E-state index contributed by atoms with van der Waals surface area (Å²) in [4.78, 5) is 0. The lowest BCUT2D eigenvalue weighted by Gasteiger charge is -2.48. The molecule has 0 saturated heterocycles. The Morgan fingerprint density at radius 1 is 1.15 bits per heavy atom. The molecule has 2 heteroatoms. The van der Waals surface area contributed by atoms with Gasteiger partial charge < -0.3 is 9.73 Å². The second-order valence-corrected chi connectivity index (χ2v) is 5.78. The molecule has 0 radical (unpaired) electrons. The molecule has 106 valence electrons. The first kappa shape index (κ1) is 13.4. The van der Waals surface area contributed by atoms with Gasteiger partial charge in [0, 0.05) is 5.41 Å². The van der Waals surface area contributed by atoms with E-state index in [1.807, 2.05) is 6.07 Å². The summed E-state index contributed by atoms with van der Waals surface area (Å²) in [5, 5.41) is 3.72. The maximum Gasteiger partial charge on any atom is 0.121 e. The molecule has 0 aliphatic heterocycles. The topological polar surface area (TPSA) is 25.2 Å². The van der Waals surface area contributed by atoms with Crippen LogP contribution in [0.5, 0.6) is 0 Å². The van der Waals surface area contributed by atoms with Crippen LogP contribution >= 0.6 is 0 Å². The van der Waals surface area contributed by atoms with Crippen molar-refractivity contribution in [1.29, 1.82) is 0 Å². The summed E-state index contributed by atoms with van der Waals surface area (Å²) in [5.74, 6) is 1.07. The molecule has 20 heavy (non-hydrogen) atoms. The fraction of sp³-hybridized carbons (Fsp3) is 0.444. The fourth-order valence-corrected chi connectivity index (χ4v) is 3.38. The third-order valence-corrected chi connectivity index (χ3v) is 4.57. The Hall–Kier alpha value is -1.54. The van der Waals surface area contributed by atoms with Gasteiger partial charge in [0.15, 0.2) is 0 Å². The summed E-state index contributed by atoms with van der Waals surface area (Å²) in [5.41, 5.74) is 1.64. The number of hydrogen-bond acceptors (Lipinski definition) is 2.